The van der Waals surface area contributed by atoms with Crippen molar-refractivity contribution in [3.8, 4) is 5.75 Å². The summed E-state index contributed by atoms with van der Waals surface area (Å²) >= 11 is 0. The molecule has 3 rings (SSSR count). The van der Waals surface area contributed by atoms with Crippen molar-refractivity contribution in [2.24, 2.45) is 5.41 Å². The number of rotatable bonds is 6. The minimum Gasteiger partial charge on any atom is -0.505 e. The van der Waals surface area contributed by atoms with Crippen molar-refractivity contribution in [3.05, 3.63) is 79.6 Å². The van der Waals surface area contributed by atoms with Crippen LogP contribution in [-0.4, -0.2) is 30.0 Å². The van der Waals surface area contributed by atoms with Crippen LogP contribution in [0.4, 0.5) is 25.8 Å². The van der Waals surface area contributed by atoms with E-state index in [1.807, 2.05) is 20.8 Å². The number of aromatic hydroxyl groups is 1. The first kappa shape index (κ1) is 23.9. The predicted octanol–water partition coefficient (Wildman–Crippen LogP) is 3.91. The summed E-state index contributed by atoms with van der Waals surface area (Å²) in [4.78, 5) is 38.2. The zero-order valence-corrected chi connectivity index (χ0v) is 18.9. The van der Waals surface area contributed by atoms with Crippen LogP contribution in [0.25, 0.3) is 0 Å². The summed E-state index contributed by atoms with van der Waals surface area (Å²) in [6.45, 7) is 5.44. The van der Waals surface area contributed by atoms with Gasteiger partial charge in [0.25, 0.3) is 16.8 Å². The number of hydrogen-bond donors (Lipinski definition) is 3. The molecule has 0 spiro atoms. The number of anilines is 3. The molecule has 0 saturated heterocycles. The maximum absolute atomic E-state index is 13.8. The number of carbonyl (C=O) groups is 1. The fourth-order valence-corrected chi connectivity index (χ4v) is 3.53. The SMILES string of the molecule is CN(C)C(=O)c1cccc(Nc2c(NC(c3cc(F)cc(F)c3)C(C)(C)C)c(=O)c2=O)c1O. The largest absolute Gasteiger partial charge is 0.505 e. The fourth-order valence-electron chi connectivity index (χ4n) is 3.53. The van der Waals surface area contributed by atoms with Gasteiger partial charge in [-0.25, -0.2) is 8.78 Å². The van der Waals surface area contributed by atoms with E-state index in [0.717, 1.165) is 18.2 Å². The summed E-state index contributed by atoms with van der Waals surface area (Å²) < 4.78 is 27.7. The van der Waals surface area contributed by atoms with E-state index in [9.17, 15) is 28.3 Å². The summed E-state index contributed by atoms with van der Waals surface area (Å²) in [7, 11) is 3.06. The van der Waals surface area contributed by atoms with Gasteiger partial charge in [0.15, 0.2) is 5.75 Å². The lowest BCUT2D eigenvalue weighted by atomic mass is 9.82. The molecule has 174 valence electrons. The van der Waals surface area contributed by atoms with Gasteiger partial charge < -0.3 is 20.6 Å². The van der Waals surface area contributed by atoms with Gasteiger partial charge in [-0.3, -0.25) is 14.4 Å². The van der Waals surface area contributed by atoms with Gasteiger partial charge in [-0.15, -0.1) is 0 Å². The number of nitrogens with one attached hydrogen (secondary N) is 2. The van der Waals surface area contributed by atoms with Gasteiger partial charge in [-0.05, 0) is 35.2 Å². The number of hydrogen-bond acceptors (Lipinski definition) is 6. The van der Waals surface area contributed by atoms with E-state index < -0.39 is 39.9 Å². The molecule has 0 aromatic heterocycles. The minimum absolute atomic E-state index is 0.0148. The molecule has 0 aliphatic carbocycles. The molecule has 0 fully saturated rings. The number of phenolic OH excluding ortho intramolecular Hbond substituents is 1. The molecule has 1 atom stereocenters. The number of para-hydroxylation sites is 1. The molecule has 0 aliphatic heterocycles. The van der Waals surface area contributed by atoms with E-state index in [1.54, 1.807) is 0 Å². The Morgan fingerprint density at radius 1 is 1.00 bits per heavy atom. The molecule has 0 aliphatic rings. The quantitative estimate of drug-likeness (QED) is 0.384. The van der Waals surface area contributed by atoms with Gasteiger partial charge in [0, 0.05) is 20.2 Å². The van der Waals surface area contributed by atoms with Crippen molar-refractivity contribution < 1.29 is 18.7 Å². The van der Waals surface area contributed by atoms with E-state index in [4.69, 9.17) is 0 Å². The zero-order valence-electron chi connectivity index (χ0n) is 18.9. The maximum atomic E-state index is 13.8. The van der Waals surface area contributed by atoms with E-state index in [-0.39, 0.29) is 33.9 Å². The molecule has 3 aromatic carbocycles. The van der Waals surface area contributed by atoms with Crippen molar-refractivity contribution in [2.45, 2.75) is 26.8 Å². The first-order chi connectivity index (χ1) is 15.3. The van der Waals surface area contributed by atoms with Gasteiger partial charge in [-0.2, -0.15) is 0 Å². The highest BCUT2D eigenvalue weighted by Crippen LogP contribution is 2.38. The minimum atomic E-state index is -0.820. The summed E-state index contributed by atoms with van der Waals surface area (Å²) in [5.74, 6) is -2.36. The first-order valence-electron chi connectivity index (χ1n) is 10.2. The third-order valence-electron chi connectivity index (χ3n) is 5.22. The molecule has 3 N–H and O–H groups in total. The van der Waals surface area contributed by atoms with Gasteiger partial charge in [0.1, 0.15) is 23.0 Å². The van der Waals surface area contributed by atoms with Crippen molar-refractivity contribution in [1.82, 2.24) is 4.90 Å². The highest BCUT2D eigenvalue weighted by Gasteiger charge is 2.32. The molecule has 0 radical (unpaired) electrons. The summed E-state index contributed by atoms with van der Waals surface area (Å²) in [6.07, 6.45) is 0. The lowest BCUT2D eigenvalue weighted by Gasteiger charge is -2.33. The normalized spacial score (nSPS) is 12.5. The highest BCUT2D eigenvalue weighted by molar-refractivity contribution is 5.99. The first-order valence-corrected chi connectivity index (χ1v) is 10.2. The van der Waals surface area contributed by atoms with Crippen LogP contribution in [0.2, 0.25) is 0 Å². The Hall–Kier alpha value is -3.75. The van der Waals surface area contributed by atoms with Crippen molar-refractivity contribution >= 4 is 23.0 Å². The van der Waals surface area contributed by atoms with E-state index in [0.29, 0.717) is 0 Å². The third-order valence-corrected chi connectivity index (χ3v) is 5.22. The Labute approximate surface area is 189 Å². The lowest BCUT2D eigenvalue weighted by Crippen LogP contribution is -2.39. The number of phenols is 1. The average molecular weight is 457 g/mol. The monoisotopic (exact) mass is 457 g/mol. The van der Waals surface area contributed by atoms with Crippen LogP contribution in [-0.2, 0) is 0 Å². The van der Waals surface area contributed by atoms with Crippen molar-refractivity contribution in [2.75, 3.05) is 24.7 Å². The molecule has 9 heteroatoms. The molecular formula is C24H25F2N3O4. The maximum Gasteiger partial charge on any atom is 0.257 e. The van der Waals surface area contributed by atoms with Crippen LogP contribution >= 0.6 is 0 Å². The molecule has 3 aromatic rings. The number of amides is 1. The molecule has 1 unspecified atom stereocenters. The summed E-state index contributed by atoms with van der Waals surface area (Å²) in [5, 5.41) is 16.2. The third kappa shape index (κ3) is 4.72. The van der Waals surface area contributed by atoms with Crippen LogP contribution in [0, 0.1) is 17.0 Å². The number of benzene rings is 2. The molecule has 0 saturated carbocycles. The Balaban J connectivity index is 2.00. The van der Waals surface area contributed by atoms with E-state index in [1.165, 1.54) is 37.2 Å². The van der Waals surface area contributed by atoms with E-state index >= 15 is 0 Å². The van der Waals surface area contributed by atoms with Gasteiger partial charge in [0.2, 0.25) is 0 Å². The number of halogens is 2. The second-order valence-electron chi connectivity index (χ2n) is 9.08. The Morgan fingerprint density at radius 2 is 1.58 bits per heavy atom. The van der Waals surface area contributed by atoms with Gasteiger partial charge in [0.05, 0.1) is 17.3 Å². The standard InChI is InChI=1S/C24H25F2N3O4/c1-24(2,3)22(12-9-13(25)11-14(26)10-12)28-18-17(20(31)21(18)32)27-16-8-6-7-15(19(16)30)23(33)29(4)5/h6-11,22,27-28,30H,1-5H3. The van der Waals surface area contributed by atoms with E-state index in [2.05, 4.69) is 10.6 Å². The topological polar surface area (TPSA) is 98.7 Å². The molecule has 0 heterocycles. The molecule has 33 heavy (non-hydrogen) atoms. The Bertz CT molecular complexity index is 1270. The summed E-state index contributed by atoms with van der Waals surface area (Å²) in [6, 6.07) is 6.74. The zero-order chi connectivity index (χ0) is 24.7. The number of carbonyl (C=O) groups excluding carboxylic acids is 1. The van der Waals surface area contributed by atoms with Crippen LogP contribution in [0.1, 0.15) is 42.7 Å². The predicted molar refractivity (Wildman–Crippen MR) is 123 cm³/mol. The lowest BCUT2D eigenvalue weighted by molar-refractivity contribution is 0.0824. The number of nitrogens with zero attached hydrogens (tertiary/aromatic N) is 1. The molecule has 1 amide bonds. The second kappa shape index (κ2) is 8.65. The van der Waals surface area contributed by atoms with Crippen molar-refractivity contribution in [1.29, 1.82) is 0 Å². The van der Waals surface area contributed by atoms with Gasteiger partial charge >= 0.3 is 0 Å². The smallest absolute Gasteiger partial charge is 0.257 e. The average Bonchev–Trinajstić information content (AvgIpc) is 2.71. The van der Waals surface area contributed by atoms with Gasteiger partial charge in [-0.1, -0.05) is 26.8 Å². The van der Waals surface area contributed by atoms with Crippen LogP contribution in [0.15, 0.2) is 46.0 Å². The highest BCUT2D eigenvalue weighted by atomic mass is 19.1. The molecule has 0 bridgehead atoms. The Kier molecular flexibility index (Phi) is 6.26. The van der Waals surface area contributed by atoms with Crippen LogP contribution < -0.4 is 21.5 Å². The summed E-state index contributed by atoms with van der Waals surface area (Å²) in [5.41, 5.74) is -2.08. The van der Waals surface area contributed by atoms with Crippen LogP contribution in [0.5, 0.6) is 5.75 Å². The molecular weight excluding hydrogens is 432 g/mol. The van der Waals surface area contributed by atoms with Crippen molar-refractivity contribution in [3.63, 3.8) is 0 Å². The Morgan fingerprint density at radius 3 is 2.12 bits per heavy atom. The van der Waals surface area contributed by atoms with Crippen LogP contribution in [0.3, 0.4) is 0 Å². The second-order valence-corrected chi connectivity index (χ2v) is 9.08. The molecule has 7 nitrogen and oxygen atoms in total. The fraction of sp³-hybridized carbons (Fsp3) is 0.292.